The summed E-state index contributed by atoms with van der Waals surface area (Å²) < 4.78 is 0. The Morgan fingerprint density at radius 2 is 1.89 bits per heavy atom. The molecule has 1 saturated carbocycles. The van der Waals surface area contributed by atoms with Crippen molar-refractivity contribution in [3.8, 4) is 0 Å². The highest BCUT2D eigenvalue weighted by atomic mass is 16.4. The number of rotatable bonds is 2. The standard InChI is InChI=1S/C15H19NO2/c17-15(18)12-9-14(10-5-1-2-6-10)16-13-8-4-3-7-11(12)13/h9-10H,1-8H2,(H,17,18). The SMILES string of the molecule is O=C(O)c1cc(C2CCCC2)nc2c1CCCC2. The van der Waals surface area contributed by atoms with E-state index < -0.39 is 5.97 Å². The average molecular weight is 245 g/mol. The molecule has 1 heterocycles. The fourth-order valence-corrected chi connectivity index (χ4v) is 3.35. The van der Waals surface area contributed by atoms with Crippen LogP contribution in [0.15, 0.2) is 6.07 Å². The number of carboxylic acid groups (broad SMARTS) is 1. The molecule has 1 fully saturated rings. The highest BCUT2D eigenvalue weighted by Gasteiger charge is 2.24. The molecule has 0 atom stereocenters. The van der Waals surface area contributed by atoms with Crippen LogP contribution in [-0.4, -0.2) is 16.1 Å². The predicted octanol–water partition coefficient (Wildman–Crippen LogP) is 3.32. The van der Waals surface area contributed by atoms with Gasteiger partial charge in [0.15, 0.2) is 0 Å². The highest BCUT2D eigenvalue weighted by molar-refractivity contribution is 5.90. The van der Waals surface area contributed by atoms with Crippen LogP contribution in [0.1, 0.15) is 71.8 Å². The first-order valence-corrected chi connectivity index (χ1v) is 7.01. The molecule has 18 heavy (non-hydrogen) atoms. The van der Waals surface area contributed by atoms with Crippen LogP contribution in [0.4, 0.5) is 0 Å². The molecular formula is C15H19NO2. The van der Waals surface area contributed by atoms with Crippen LogP contribution in [0.25, 0.3) is 0 Å². The molecule has 1 aromatic heterocycles. The summed E-state index contributed by atoms with van der Waals surface area (Å²) in [5.74, 6) is -0.287. The molecule has 0 unspecified atom stereocenters. The van der Waals surface area contributed by atoms with Gasteiger partial charge in [0.05, 0.1) is 5.56 Å². The van der Waals surface area contributed by atoms with E-state index >= 15 is 0 Å². The van der Waals surface area contributed by atoms with E-state index in [2.05, 4.69) is 0 Å². The van der Waals surface area contributed by atoms with Gasteiger partial charge in [-0.15, -0.1) is 0 Å². The lowest BCUT2D eigenvalue weighted by molar-refractivity contribution is 0.0695. The summed E-state index contributed by atoms with van der Waals surface area (Å²) in [4.78, 5) is 16.2. The number of aryl methyl sites for hydroxylation is 1. The molecule has 96 valence electrons. The van der Waals surface area contributed by atoms with Crippen molar-refractivity contribution in [2.75, 3.05) is 0 Å². The summed E-state index contributed by atoms with van der Waals surface area (Å²) in [6, 6.07) is 1.85. The molecule has 3 heteroatoms. The molecule has 0 aliphatic heterocycles. The maximum Gasteiger partial charge on any atom is 0.336 e. The van der Waals surface area contributed by atoms with Crippen LogP contribution in [0.2, 0.25) is 0 Å². The van der Waals surface area contributed by atoms with Crippen molar-refractivity contribution in [3.05, 3.63) is 28.6 Å². The van der Waals surface area contributed by atoms with Crippen molar-refractivity contribution in [1.82, 2.24) is 4.98 Å². The van der Waals surface area contributed by atoms with Gasteiger partial charge in [0.25, 0.3) is 0 Å². The van der Waals surface area contributed by atoms with Gasteiger partial charge < -0.3 is 5.11 Å². The Labute approximate surface area is 107 Å². The molecule has 1 aromatic rings. The van der Waals surface area contributed by atoms with E-state index in [4.69, 9.17) is 4.98 Å². The summed E-state index contributed by atoms with van der Waals surface area (Å²) in [7, 11) is 0. The van der Waals surface area contributed by atoms with Crippen LogP contribution < -0.4 is 0 Å². The zero-order valence-corrected chi connectivity index (χ0v) is 10.6. The third-order valence-corrected chi connectivity index (χ3v) is 4.32. The maximum absolute atomic E-state index is 11.4. The van der Waals surface area contributed by atoms with E-state index in [1.807, 2.05) is 6.07 Å². The second kappa shape index (κ2) is 4.71. The molecule has 2 aliphatic rings. The summed E-state index contributed by atoms with van der Waals surface area (Å²) in [6.07, 6.45) is 8.93. The summed E-state index contributed by atoms with van der Waals surface area (Å²) in [6.45, 7) is 0. The van der Waals surface area contributed by atoms with Crippen LogP contribution in [-0.2, 0) is 12.8 Å². The molecule has 0 bridgehead atoms. The monoisotopic (exact) mass is 245 g/mol. The summed E-state index contributed by atoms with van der Waals surface area (Å²) >= 11 is 0. The number of carboxylic acids is 1. The molecule has 3 rings (SSSR count). The van der Waals surface area contributed by atoms with E-state index in [9.17, 15) is 9.90 Å². The molecule has 3 nitrogen and oxygen atoms in total. The van der Waals surface area contributed by atoms with E-state index in [0.717, 1.165) is 42.6 Å². The predicted molar refractivity (Wildman–Crippen MR) is 69.0 cm³/mol. The lowest BCUT2D eigenvalue weighted by atomic mass is 9.90. The molecular weight excluding hydrogens is 226 g/mol. The van der Waals surface area contributed by atoms with Gasteiger partial charge in [-0.25, -0.2) is 4.79 Å². The topological polar surface area (TPSA) is 50.2 Å². The molecule has 0 saturated heterocycles. The highest BCUT2D eigenvalue weighted by Crippen LogP contribution is 2.35. The number of hydrogen-bond donors (Lipinski definition) is 1. The second-order valence-electron chi connectivity index (χ2n) is 5.51. The Hall–Kier alpha value is -1.38. The van der Waals surface area contributed by atoms with Crippen molar-refractivity contribution in [1.29, 1.82) is 0 Å². The van der Waals surface area contributed by atoms with Gasteiger partial charge in [-0.3, -0.25) is 4.98 Å². The Morgan fingerprint density at radius 1 is 1.17 bits per heavy atom. The van der Waals surface area contributed by atoms with Gasteiger partial charge in [-0.1, -0.05) is 12.8 Å². The number of pyridine rings is 1. The van der Waals surface area contributed by atoms with Gasteiger partial charge >= 0.3 is 5.97 Å². The minimum Gasteiger partial charge on any atom is -0.478 e. The van der Waals surface area contributed by atoms with Gasteiger partial charge in [0.2, 0.25) is 0 Å². The van der Waals surface area contributed by atoms with E-state index in [0.29, 0.717) is 11.5 Å². The first kappa shape index (κ1) is 11.7. The Kier molecular flexibility index (Phi) is 3.06. The quantitative estimate of drug-likeness (QED) is 0.869. The number of aromatic nitrogens is 1. The molecule has 0 radical (unpaired) electrons. The Morgan fingerprint density at radius 3 is 2.61 bits per heavy atom. The fourth-order valence-electron chi connectivity index (χ4n) is 3.35. The second-order valence-corrected chi connectivity index (χ2v) is 5.51. The van der Waals surface area contributed by atoms with Crippen molar-refractivity contribution >= 4 is 5.97 Å². The van der Waals surface area contributed by atoms with Crippen LogP contribution >= 0.6 is 0 Å². The van der Waals surface area contributed by atoms with E-state index in [-0.39, 0.29) is 0 Å². The van der Waals surface area contributed by atoms with E-state index in [1.54, 1.807) is 0 Å². The summed E-state index contributed by atoms with van der Waals surface area (Å²) in [5.41, 5.74) is 3.60. The number of hydrogen-bond acceptors (Lipinski definition) is 2. The lowest BCUT2D eigenvalue weighted by Gasteiger charge is -2.20. The number of aromatic carboxylic acids is 1. The third kappa shape index (κ3) is 2.02. The van der Waals surface area contributed by atoms with Gasteiger partial charge in [-0.2, -0.15) is 0 Å². The van der Waals surface area contributed by atoms with E-state index in [1.165, 1.54) is 25.7 Å². The number of carbonyl (C=O) groups is 1. The normalized spacial score (nSPS) is 19.8. The van der Waals surface area contributed by atoms with Gasteiger partial charge in [0.1, 0.15) is 0 Å². The lowest BCUT2D eigenvalue weighted by Crippen LogP contribution is -2.15. The van der Waals surface area contributed by atoms with Crippen molar-refractivity contribution < 1.29 is 9.90 Å². The molecule has 0 aromatic carbocycles. The van der Waals surface area contributed by atoms with Crippen molar-refractivity contribution in [2.24, 2.45) is 0 Å². The smallest absolute Gasteiger partial charge is 0.336 e. The number of nitrogens with zero attached hydrogens (tertiary/aromatic N) is 1. The zero-order valence-electron chi connectivity index (χ0n) is 10.6. The largest absolute Gasteiger partial charge is 0.478 e. The number of fused-ring (bicyclic) bond motifs is 1. The maximum atomic E-state index is 11.4. The Balaban J connectivity index is 2.05. The Bertz CT molecular complexity index is 476. The van der Waals surface area contributed by atoms with Gasteiger partial charge in [-0.05, 0) is 50.2 Å². The van der Waals surface area contributed by atoms with Crippen LogP contribution in [0.3, 0.4) is 0 Å². The molecule has 2 aliphatic carbocycles. The zero-order chi connectivity index (χ0) is 12.5. The first-order chi connectivity index (χ1) is 8.75. The van der Waals surface area contributed by atoms with Crippen LogP contribution in [0, 0.1) is 0 Å². The minimum atomic E-state index is -0.783. The molecule has 0 amide bonds. The molecule has 1 N–H and O–H groups in total. The first-order valence-electron chi connectivity index (χ1n) is 7.01. The van der Waals surface area contributed by atoms with Gasteiger partial charge in [0, 0.05) is 17.3 Å². The minimum absolute atomic E-state index is 0.496. The van der Waals surface area contributed by atoms with Crippen molar-refractivity contribution in [2.45, 2.75) is 57.3 Å². The molecule has 0 spiro atoms. The van der Waals surface area contributed by atoms with Crippen molar-refractivity contribution in [3.63, 3.8) is 0 Å². The summed E-state index contributed by atoms with van der Waals surface area (Å²) in [5, 5.41) is 9.38. The third-order valence-electron chi connectivity index (χ3n) is 4.32. The average Bonchev–Trinajstić information content (AvgIpc) is 2.91. The fraction of sp³-hybridized carbons (Fsp3) is 0.600. The van der Waals surface area contributed by atoms with Crippen LogP contribution in [0.5, 0.6) is 0 Å².